The fraction of sp³-hybridized carbons (Fsp3) is 0.250. The van der Waals surface area contributed by atoms with Crippen LogP contribution in [0, 0.1) is 0 Å². The summed E-state index contributed by atoms with van der Waals surface area (Å²) in [5.41, 5.74) is 6.57. The number of methoxy groups -OCH3 is 1. The number of hydrogen-bond acceptors (Lipinski definition) is 7. The van der Waals surface area contributed by atoms with E-state index in [4.69, 9.17) is 10.5 Å². The number of hydrogen-bond donors (Lipinski definition) is 3. The maximum Gasteiger partial charge on any atom is 0.265 e. The molecule has 8 heteroatoms. The van der Waals surface area contributed by atoms with E-state index >= 15 is 0 Å². The fourth-order valence-electron chi connectivity index (χ4n) is 1.50. The zero-order chi connectivity index (χ0) is 14.5. The molecule has 2 aromatic heterocycles. The number of nitrogens with two attached hydrogens (primary N) is 1. The van der Waals surface area contributed by atoms with Gasteiger partial charge in [0, 0.05) is 25.9 Å². The van der Waals surface area contributed by atoms with Crippen LogP contribution in [0.15, 0.2) is 18.3 Å². The molecular formula is C12H15N5O2S. The summed E-state index contributed by atoms with van der Waals surface area (Å²) in [6, 6.07) is 3.57. The van der Waals surface area contributed by atoms with E-state index in [-0.39, 0.29) is 11.7 Å². The van der Waals surface area contributed by atoms with Crippen molar-refractivity contribution in [3.63, 3.8) is 0 Å². The highest BCUT2D eigenvalue weighted by Gasteiger charge is 2.15. The largest absolute Gasteiger partial charge is 0.481 e. The molecule has 0 aromatic carbocycles. The maximum atomic E-state index is 12.0. The van der Waals surface area contributed by atoms with Crippen molar-refractivity contribution in [1.29, 1.82) is 0 Å². The van der Waals surface area contributed by atoms with Gasteiger partial charge in [0.05, 0.1) is 7.11 Å². The lowest BCUT2D eigenvalue weighted by Gasteiger charge is -2.04. The molecule has 2 rings (SSSR count). The Balaban J connectivity index is 1.98. The molecule has 0 unspecified atom stereocenters. The van der Waals surface area contributed by atoms with Gasteiger partial charge in [-0.3, -0.25) is 4.79 Å². The minimum Gasteiger partial charge on any atom is -0.481 e. The molecule has 0 saturated carbocycles. The molecule has 1 amide bonds. The number of carbonyl (C=O) groups is 1. The molecule has 106 valence electrons. The van der Waals surface area contributed by atoms with Gasteiger partial charge in [0.1, 0.15) is 10.7 Å². The zero-order valence-corrected chi connectivity index (χ0v) is 12.0. The van der Waals surface area contributed by atoms with E-state index in [9.17, 15) is 4.79 Å². The second-order valence-corrected chi connectivity index (χ2v) is 4.87. The van der Waals surface area contributed by atoms with Gasteiger partial charge in [0.2, 0.25) is 5.88 Å². The quantitative estimate of drug-likeness (QED) is 0.763. The van der Waals surface area contributed by atoms with Crippen LogP contribution < -0.4 is 21.1 Å². The minimum absolute atomic E-state index is 0.227. The summed E-state index contributed by atoms with van der Waals surface area (Å²) in [4.78, 5) is 20.5. The van der Waals surface area contributed by atoms with Crippen LogP contribution in [-0.4, -0.2) is 30.0 Å². The molecule has 0 atom stereocenters. The Hall–Kier alpha value is -2.35. The topological polar surface area (TPSA) is 102 Å². The number of ether oxygens (including phenoxy) is 1. The lowest BCUT2D eigenvalue weighted by atomic mass is 10.3. The van der Waals surface area contributed by atoms with Crippen molar-refractivity contribution in [3.05, 3.63) is 28.8 Å². The van der Waals surface area contributed by atoms with E-state index in [0.717, 1.165) is 5.56 Å². The number of aromatic nitrogens is 2. The highest BCUT2D eigenvalue weighted by atomic mass is 32.1. The molecular weight excluding hydrogens is 278 g/mol. The fourth-order valence-corrected chi connectivity index (χ4v) is 2.25. The summed E-state index contributed by atoms with van der Waals surface area (Å²) >= 11 is 1.21. The summed E-state index contributed by atoms with van der Waals surface area (Å²) in [5, 5.41) is 6.24. The SMILES string of the molecule is CNc1nc(N)c(C(=O)NCc2ccc(OC)nc2)s1. The van der Waals surface area contributed by atoms with Crippen molar-refractivity contribution in [1.82, 2.24) is 15.3 Å². The first-order valence-corrected chi connectivity index (χ1v) is 6.67. The Morgan fingerprint density at radius 1 is 1.50 bits per heavy atom. The van der Waals surface area contributed by atoms with Crippen LogP contribution in [0.3, 0.4) is 0 Å². The number of thiazole rings is 1. The van der Waals surface area contributed by atoms with Gasteiger partial charge in [0.15, 0.2) is 5.13 Å². The number of rotatable bonds is 5. The van der Waals surface area contributed by atoms with Crippen LogP contribution in [-0.2, 0) is 6.54 Å². The number of anilines is 2. The number of nitrogens with zero attached hydrogens (tertiary/aromatic N) is 2. The first-order valence-electron chi connectivity index (χ1n) is 5.85. The van der Waals surface area contributed by atoms with Crippen LogP contribution in [0.2, 0.25) is 0 Å². The van der Waals surface area contributed by atoms with E-state index in [1.807, 2.05) is 6.07 Å². The van der Waals surface area contributed by atoms with E-state index in [2.05, 4.69) is 20.6 Å². The Labute approximate surface area is 120 Å². The smallest absolute Gasteiger partial charge is 0.265 e. The van der Waals surface area contributed by atoms with Crippen molar-refractivity contribution in [2.75, 3.05) is 25.2 Å². The van der Waals surface area contributed by atoms with Crippen LogP contribution in [0.5, 0.6) is 5.88 Å². The minimum atomic E-state index is -0.252. The molecule has 7 nitrogen and oxygen atoms in total. The number of carbonyl (C=O) groups excluding carboxylic acids is 1. The van der Waals surface area contributed by atoms with Crippen molar-refractivity contribution < 1.29 is 9.53 Å². The average Bonchev–Trinajstić information content (AvgIpc) is 2.86. The third-order valence-electron chi connectivity index (χ3n) is 2.53. The molecule has 0 aliphatic heterocycles. The Morgan fingerprint density at radius 2 is 2.30 bits per heavy atom. The number of nitrogen functional groups attached to an aromatic ring is 1. The van der Waals surface area contributed by atoms with E-state index in [1.165, 1.54) is 11.3 Å². The summed E-state index contributed by atoms with van der Waals surface area (Å²) in [7, 11) is 3.28. The van der Waals surface area contributed by atoms with Crippen molar-refractivity contribution >= 4 is 28.2 Å². The maximum absolute atomic E-state index is 12.0. The van der Waals surface area contributed by atoms with Crippen molar-refractivity contribution in [2.24, 2.45) is 0 Å². The summed E-state index contributed by atoms with van der Waals surface area (Å²) < 4.78 is 4.97. The van der Waals surface area contributed by atoms with Crippen LogP contribution in [0.4, 0.5) is 10.9 Å². The lowest BCUT2D eigenvalue weighted by molar-refractivity contribution is 0.0955. The number of pyridine rings is 1. The van der Waals surface area contributed by atoms with Gasteiger partial charge in [-0.1, -0.05) is 17.4 Å². The summed E-state index contributed by atoms with van der Waals surface area (Å²) in [5.74, 6) is 0.507. The van der Waals surface area contributed by atoms with Crippen LogP contribution in [0.25, 0.3) is 0 Å². The van der Waals surface area contributed by atoms with Gasteiger partial charge < -0.3 is 21.1 Å². The average molecular weight is 293 g/mol. The van der Waals surface area contributed by atoms with Gasteiger partial charge in [0.25, 0.3) is 5.91 Å². The van der Waals surface area contributed by atoms with Crippen LogP contribution >= 0.6 is 11.3 Å². The first-order chi connectivity index (χ1) is 9.63. The second kappa shape index (κ2) is 6.20. The predicted molar refractivity (Wildman–Crippen MR) is 78.0 cm³/mol. The standard InChI is InChI=1S/C12H15N5O2S/c1-14-12-17-10(13)9(20-12)11(18)16-6-7-3-4-8(19-2)15-5-7/h3-5H,6,13H2,1-2H3,(H,14,17)(H,16,18). The highest BCUT2D eigenvalue weighted by molar-refractivity contribution is 7.18. The molecule has 0 fully saturated rings. The van der Waals surface area contributed by atoms with Gasteiger partial charge in [-0.15, -0.1) is 0 Å². The highest BCUT2D eigenvalue weighted by Crippen LogP contribution is 2.24. The summed E-state index contributed by atoms with van der Waals surface area (Å²) in [6.07, 6.45) is 1.65. The van der Waals surface area contributed by atoms with Crippen LogP contribution in [0.1, 0.15) is 15.2 Å². The molecule has 0 aliphatic rings. The molecule has 4 N–H and O–H groups in total. The first kappa shape index (κ1) is 14.1. The van der Waals surface area contributed by atoms with E-state index in [1.54, 1.807) is 26.4 Å². The van der Waals surface area contributed by atoms with Gasteiger partial charge in [-0.05, 0) is 5.56 Å². The van der Waals surface area contributed by atoms with Gasteiger partial charge in [-0.25, -0.2) is 9.97 Å². The summed E-state index contributed by atoms with van der Waals surface area (Å²) in [6.45, 7) is 0.363. The Bertz CT molecular complexity index is 596. The lowest BCUT2D eigenvalue weighted by Crippen LogP contribution is -2.22. The molecule has 2 heterocycles. The normalized spacial score (nSPS) is 10.1. The third-order valence-corrected chi connectivity index (χ3v) is 3.62. The Kier molecular flexibility index (Phi) is 4.36. The second-order valence-electron chi connectivity index (χ2n) is 3.87. The van der Waals surface area contributed by atoms with E-state index < -0.39 is 0 Å². The molecule has 20 heavy (non-hydrogen) atoms. The molecule has 0 aliphatic carbocycles. The molecule has 0 spiro atoms. The molecule has 2 aromatic rings. The zero-order valence-electron chi connectivity index (χ0n) is 11.1. The monoisotopic (exact) mass is 293 g/mol. The van der Waals surface area contributed by atoms with Crippen molar-refractivity contribution in [3.8, 4) is 5.88 Å². The molecule has 0 radical (unpaired) electrons. The van der Waals surface area contributed by atoms with Gasteiger partial charge in [-0.2, -0.15) is 0 Å². The van der Waals surface area contributed by atoms with E-state index in [0.29, 0.717) is 22.4 Å². The molecule has 0 bridgehead atoms. The van der Waals surface area contributed by atoms with Gasteiger partial charge >= 0.3 is 0 Å². The number of nitrogens with one attached hydrogen (secondary N) is 2. The predicted octanol–water partition coefficient (Wildman–Crippen LogP) is 1.10. The van der Waals surface area contributed by atoms with Crippen molar-refractivity contribution in [2.45, 2.75) is 6.54 Å². The number of amides is 1. The Morgan fingerprint density at radius 3 is 2.85 bits per heavy atom. The molecule has 0 saturated heterocycles. The third kappa shape index (κ3) is 3.15.